The highest BCUT2D eigenvalue weighted by Crippen LogP contribution is 2.30. The number of hydrogen-bond donors (Lipinski definition) is 0. The number of hydrogen-bond acceptors (Lipinski definition) is 7. The molecule has 2 aliphatic rings. The second kappa shape index (κ2) is 6.72. The van der Waals surface area contributed by atoms with E-state index in [2.05, 4.69) is 0 Å². The molecule has 144 valence electrons. The van der Waals surface area contributed by atoms with Gasteiger partial charge in [0.15, 0.2) is 9.84 Å². The summed E-state index contributed by atoms with van der Waals surface area (Å²) in [7, 11) is -3.21. The van der Waals surface area contributed by atoms with E-state index in [4.69, 9.17) is 0 Å². The van der Waals surface area contributed by atoms with Gasteiger partial charge in [0.2, 0.25) is 5.91 Å². The van der Waals surface area contributed by atoms with Gasteiger partial charge in [-0.1, -0.05) is 6.07 Å². The van der Waals surface area contributed by atoms with Gasteiger partial charge in [-0.15, -0.1) is 0 Å². The molecule has 0 spiro atoms. The Balaban J connectivity index is 1.83. The van der Waals surface area contributed by atoms with Crippen LogP contribution >= 0.6 is 0 Å². The summed E-state index contributed by atoms with van der Waals surface area (Å²) >= 11 is 0. The minimum Gasteiger partial charge on any atom is -0.337 e. The fraction of sp³-hybridized carbons (Fsp3) is 0.438. The first-order valence-electron chi connectivity index (χ1n) is 8.29. The molecule has 1 saturated heterocycles. The van der Waals surface area contributed by atoms with Gasteiger partial charge in [-0.05, 0) is 19.4 Å². The number of likely N-dealkylation sites (N-methyl/N-ethyl adjacent to an activating group) is 1. The Morgan fingerprint density at radius 1 is 1.33 bits per heavy atom. The largest absolute Gasteiger partial charge is 0.337 e. The van der Waals surface area contributed by atoms with Gasteiger partial charge >= 0.3 is 0 Å². The number of sulfone groups is 1. The van der Waals surface area contributed by atoms with Crippen LogP contribution < -0.4 is 0 Å². The summed E-state index contributed by atoms with van der Waals surface area (Å²) < 4.78 is 23.3. The van der Waals surface area contributed by atoms with Crippen molar-refractivity contribution in [2.75, 3.05) is 24.6 Å². The summed E-state index contributed by atoms with van der Waals surface area (Å²) in [6.45, 7) is 1.31. The summed E-state index contributed by atoms with van der Waals surface area (Å²) in [6, 6.07) is 3.22. The molecular weight excluding hydrogens is 378 g/mol. The van der Waals surface area contributed by atoms with Crippen LogP contribution in [0.25, 0.3) is 0 Å². The Labute approximate surface area is 154 Å². The van der Waals surface area contributed by atoms with Crippen molar-refractivity contribution in [3.8, 4) is 0 Å². The molecule has 0 aliphatic carbocycles. The molecule has 2 aliphatic heterocycles. The highest BCUT2D eigenvalue weighted by molar-refractivity contribution is 7.91. The zero-order valence-corrected chi connectivity index (χ0v) is 15.3. The molecule has 1 atom stereocenters. The van der Waals surface area contributed by atoms with Crippen LogP contribution in [0.2, 0.25) is 0 Å². The fourth-order valence-electron chi connectivity index (χ4n) is 3.50. The monoisotopic (exact) mass is 395 g/mol. The standard InChI is InChI=1S/C16H17N3O7S/c1-2-17(10-6-7-27(25,26)9-10)13(20)8-18-15(21)11-4-3-5-12(19(23)24)14(11)16(18)22/h3-5,10H,2,6-9H2,1H3. The molecule has 2 heterocycles. The summed E-state index contributed by atoms with van der Waals surface area (Å²) in [4.78, 5) is 50.0. The molecule has 0 saturated carbocycles. The van der Waals surface area contributed by atoms with E-state index in [0.717, 1.165) is 6.07 Å². The molecule has 1 aromatic carbocycles. The van der Waals surface area contributed by atoms with Gasteiger partial charge in [-0.3, -0.25) is 29.4 Å². The lowest BCUT2D eigenvalue weighted by Crippen LogP contribution is -2.47. The van der Waals surface area contributed by atoms with E-state index in [1.54, 1.807) is 6.92 Å². The zero-order chi connectivity index (χ0) is 19.9. The number of fused-ring (bicyclic) bond motifs is 1. The molecule has 27 heavy (non-hydrogen) atoms. The van der Waals surface area contributed by atoms with Crippen molar-refractivity contribution in [1.82, 2.24) is 9.80 Å². The molecule has 1 unspecified atom stereocenters. The predicted octanol–water partition coefficient (Wildman–Crippen LogP) is 0.226. The normalized spacial score (nSPS) is 20.6. The van der Waals surface area contributed by atoms with Crippen molar-refractivity contribution >= 4 is 33.2 Å². The second-order valence-electron chi connectivity index (χ2n) is 6.39. The molecule has 1 aromatic rings. The van der Waals surface area contributed by atoms with Crippen molar-refractivity contribution in [1.29, 1.82) is 0 Å². The van der Waals surface area contributed by atoms with E-state index in [9.17, 15) is 32.9 Å². The maximum atomic E-state index is 12.6. The lowest BCUT2D eigenvalue weighted by molar-refractivity contribution is -0.385. The molecule has 3 rings (SSSR count). The summed E-state index contributed by atoms with van der Waals surface area (Å²) in [5.41, 5.74) is -0.935. The molecule has 1 fully saturated rings. The van der Waals surface area contributed by atoms with Crippen molar-refractivity contribution in [2.24, 2.45) is 0 Å². The lowest BCUT2D eigenvalue weighted by atomic mass is 10.1. The Morgan fingerprint density at radius 2 is 2.04 bits per heavy atom. The predicted molar refractivity (Wildman–Crippen MR) is 92.9 cm³/mol. The molecule has 0 radical (unpaired) electrons. The van der Waals surface area contributed by atoms with Crippen LogP contribution in [-0.2, 0) is 14.6 Å². The average molecular weight is 395 g/mol. The van der Waals surface area contributed by atoms with Gasteiger partial charge in [0.1, 0.15) is 12.1 Å². The molecule has 11 heteroatoms. The van der Waals surface area contributed by atoms with E-state index < -0.39 is 50.8 Å². The quantitative estimate of drug-likeness (QED) is 0.395. The second-order valence-corrected chi connectivity index (χ2v) is 8.62. The van der Waals surface area contributed by atoms with Gasteiger partial charge in [-0.25, -0.2) is 8.42 Å². The van der Waals surface area contributed by atoms with E-state index >= 15 is 0 Å². The van der Waals surface area contributed by atoms with Gasteiger partial charge in [0, 0.05) is 18.7 Å². The highest BCUT2D eigenvalue weighted by atomic mass is 32.2. The first-order chi connectivity index (χ1) is 12.7. The third-order valence-corrected chi connectivity index (χ3v) is 6.53. The van der Waals surface area contributed by atoms with Crippen LogP contribution in [0.4, 0.5) is 5.69 Å². The topological polar surface area (TPSA) is 135 Å². The Morgan fingerprint density at radius 3 is 2.59 bits per heavy atom. The number of nitro benzene ring substituents is 1. The Hall–Kier alpha value is -2.82. The van der Waals surface area contributed by atoms with Crippen LogP contribution in [-0.4, -0.2) is 71.5 Å². The number of nitro groups is 1. The SMILES string of the molecule is CCN(C(=O)CN1C(=O)c2cccc([N+](=O)[O-])c2C1=O)C1CCS(=O)(=O)C1. The van der Waals surface area contributed by atoms with Crippen molar-refractivity contribution in [2.45, 2.75) is 19.4 Å². The first-order valence-corrected chi connectivity index (χ1v) is 10.1. The van der Waals surface area contributed by atoms with Gasteiger partial charge in [-0.2, -0.15) is 0 Å². The van der Waals surface area contributed by atoms with Crippen molar-refractivity contribution in [3.05, 3.63) is 39.4 Å². The maximum Gasteiger partial charge on any atom is 0.282 e. The van der Waals surface area contributed by atoms with Crippen LogP contribution in [0.15, 0.2) is 18.2 Å². The minimum atomic E-state index is -3.21. The van der Waals surface area contributed by atoms with Crippen LogP contribution in [0.1, 0.15) is 34.1 Å². The number of imide groups is 1. The van der Waals surface area contributed by atoms with Gasteiger partial charge in [0.25, 0.3) is 17.5 Å². The van der Waals surface area contributed by atoms with Crippen molar-refractivity contribution in [3.63, 3.8) is 0 Å². The van der Waals surface area contributed by atoms with Crippen LogP contribution in [0.3, 0.4) is 0 Å². The van der Waals surface area contributed by atoms with E-state index in [1.165, 1.54) is 17.0 Å². The number of carbonyl (C=O) groups is 3. The Bertz CT molecular complexity index is 957. The average Bonchev–Trinajstić information content (AvgIpc) is 3.08. The molecule has 0 N–H and O–H groups in total. The minimum absolute atomic E-state index is 0.0132. The fourth-order valence-corrected chi connectivity index (χ4v) is 5.23. The van der Waals surface area contributed by atoms with E-state index in [1.807, 2.05) is 0 Å². The summed E-state index contributed by atoms with van der Waals surface area (Å²) in [5.74, 6) is -2.41. The van der Waals surface area contributed by atoms with Gasteiger partial charge < -0.3 is 4.90 Å². The zero-order valence-electron chi connectivity index (χ0n) is 14.5. The molecular formula is C16H17N3O7S. The highest BCUT2D eigenvalue weighted by Gasteiger charge is 2.43. The molecule has 0 aromatic heterocycles. The number of amides is 3. The number of rotatable bonds is 5. The summed E-state index contributed by atoms with van der Waals surface area (Å²) in [6.07, 6.45) is 0.301. The van der Waals surface area contributed by atoms with E-state index in [0.29, 0.717) is 11.3 Å². The maximum absolute atomic E-state index is 12.6. The number of benzene rings is 1. The van der Waals surface area contributed by atoms with E-state index in [-0.39, 0.29) is 29.2 Å². The third-order valence-electron chi connectivity index (χ3n) is 4.78. The van der Waals surface area contributed by atoms with Crippen LogP contribution in [0, 0.1) is 10.1 Å². The number of carbonyl (C=O) groups excluding carboxylic acids is 3. The molecule has 10 nitrogen and oxygen atoms in total. The first kappa shape index (κ1) is 19.0. The lowest BCUT2D eigenvalue weighted by Gasteiger charge is -2.28. The molecule has 0 bridgehead atoms. The molecule has 3 amide bonds. The number of nitrogens with zero attached hydrogens (tertiary/aromatic N) is 3. The smallest absolute Gasteiger partial charge is 0.282 e. The third kappa shape index (κ3) is 3.29. The van der Waals surface area contributed by atoms with Crippen LogP contribution in [0.5, 0.6) is 0 Å². The van der Waals surface area contributed by atoms with Crippen molar-refractivity contribution < 1.29 is 27.7 Å². The Kier molecular flexibility index (Phi) is 4.72. The summed E-state index contributed by atoms with van der Waals surface area (Å²) in [5, 5.41) is 11.1. The van der Waals surface area contributed by atoms with Gasteiger partial charge in [0.05, 0.1) is 22.0 Å².